The Labute approximate surface area is 179 Å². The fourth-order valence-electron chi connectivity index (χ4n) is 3.73. The van der Waals surface area contributed by atoms with Crippen LogP contribution in [0.3, 0.4) is 0 Å². The Kier molecular flexibility index (Phi) is 7.18. The lowest BCUT2D eigenvalue weighted by atomic mass is 9.95. The Balaban J connectivity index is 1.52. The minimum atomic E-state index is -4.58. The first-order valence-corrected chi connectivity index (χ1v) is 10.0. The van der Waals surface area contributed by atoms with E-state index in [1.807, 2.05) is 24.3 Å². The van der Waals surface area contributed by atoms with Crippen LogP contribution in [0.2, 0.25) is 0 Å². The molecule has 1 aliphatic rings. The first-order chi connectivity index (χ1) is 14.8. The van der Waals surface area contributed by atoms with Crippen molar-refractivity contribution in [2.75, 3.05) is 20.2 Å². The van der Waals surface area contributed by atoms with Crippen molar-refractivity contribution < 1.29 is 22.7 Å². The second-order valence-corrected chi connectivity index (χ2v) is 7.60. The summed E-state index contributed by atoms with van der Waals surface area (Å²) in [5, 5.41) is 11.5. The van der Waals surface area contributed by atoms with Crippen molar-refractivity contribution in [3.8, 4) is 11.8 Å². The summed E-state index contributed by atoms with van der Waals surface area (Å²) < 4.78 is 45.0. The third kappa shape index (κ3) is 5.98. The van der Waals surface area contributed by atoms with Crippen molar-refractivity contribution in [1.82, 2.24) is 10.2 Å². The van der Waals surface area contributed by atoms with Gasteiger partial charge in [-0.3, -0.25) is 9.69 Å². The number of benzene rings is 2. The van der Waals surface area contributed by atoms with E-state index in [9.17, 15) is 18.0 Å². The van der Waals surface area contributed by atoms with Gasteiger partial charge < -0.3 is 10.1 Å². The van der Waals surface area contributed by atoms with Gasteiger partial charge in [0.15, 0.2) is 0 Å². The summed E-state index contributed by atoms with van der Waals surface area (Å²) in [6.07, 6.45) is -3.28. The van der Waals surface area contributed by atoms with Gasteiger partial charge in [-0.2, -0.15) is 18.4 Å². The van der Waals surface area contributed by atoms with Crippen LogP contribution in [0.5, 0.6) is 5.75 Å². The largest absolute Gasteiger partial charge is 0.497 e. The number of ether oxygens (including phenoxy) is 1. The monoisotopic (exact) mass is 431 g/mol. The van der Waals surface area contributed by atoms with Crippen LogP contribution in [0.15, 0.2) is 42.5 Å². The number of nitrogens with one attached hydrogen (secondary N) is 1. The summed E-state index contributed by atoms with van der Waals surface area (Å²) in [5.41, 5.74) is 0.161. The maximum atomic E-state index is 13.3. The molecule has 0 saturated carbocycles. The number of carbonyl (C=O) groups excluding carboxylic acids is 1. The molecule has 1 fully saturated rings. The zero-order chi connectivity index (χ0) is 22.4. The molecule has 0 aliphatic carbocycles. The van der Waals surface area contributed by atoms with Gasteiger partial charge >= 0.3 is 6.18 Å². The summed E-state index contributed by atoms with van der Waals surface area (Å²) in [5.74, 6) is 0.344. The van der Waals surface area contributed by atoms with E-state index in [4.69, 9.17) is 10.00 Å². The van der Waals surface area contributed by atoms with Crippen LogP contribution in [-0.4, -0.2) is 31.0 Å². The highest BCUT2D eigenvalue weighted by Gasteiger charge is 2.34. The number of nitrogens with zero attached hydrogens (tertiary/aromatic N) is 2. The summed E-state index contributed by atoms with van der Waals surface area (Å²) in [4.78, 5) is 14.8. The number of carbonyl (C=O) groups is 1. The van der Waals surface area contributed by atoms with E-state index in [2.05, 4.69) is 10.2 Å². The second kappa shape index (κ2) is 9.84. The van der Waals surface area contributed by atoms with E-state index in [1.165, 1.54) is 12.1 Å². The molecule has 1 saturated heterocycles. The third-order valence-electron chi connectivity index (χ3n) is 5.52. The number of piperidine rings is 1. The fourth-order valence-corrected chi connectivity index (χ4v) is 3.73. The molecule has 1 aliphatic heterocycles. The first kappa shape index (κ1) is 22.6. The van der Waals surface area contributed by atoms with Crippen LogP contribution < -0.4 is 10.1 Å². The quantitative estimate of drug-likeness (QED) is 0.748. The number of rotatable bonds is 6. The molecule has 31 heavy (non-hydrogen) atoms. The van der Waals surface area contributed by atoms with Gasteiger partial charge in [0, 0.05) is 19.0 Å². The number of alkyl halides is 3. The van der Waals surface area contributed by atoms with Gasteiger partial charge in [-0.25, -0.2) is 0 Å². The van der Waals surface area contributed by atoms with E-state index < -0.39 is 11.7 Å². The van der Waals surface area contributed by atoms with E-state index in [-0.39, 0.29) is 29.5 Å². The van der Waals surface area contributed by atoms with Gasteiger partial charge in [-0.15, -0.1) is 0 Å². The molecule has 164 valence electrons. The molecule has 1 amide bonds. The van der Waals surface area contributed by atoms with Crippen molar-refractivity contribution in [3.63, 3.8) is 0 Å². The molecule has 8 heteroatoms. The van der Waals surface area contributed by atoms with Crippen molar-refractivity contribution in [1.29, 1.82) is 5.26 Å². The average Bonchev–Trinajstić information content (AvgIpc) is 2.77. The predicted octanol–water partition coefficient (Wildman–Crippen LogP) is 4.11. The lowest BCUT2D eigenvalue weighted by molar-refractivity contribution is -0.138. The normalized spacial score (nSPS) is 15.3. The standard InChI is InChI=1S/C23H24F3N3O2/c1-31-20-6-3-16(4-7-20)15-29-10-8-18(9-11-29)22(30)28-14-19-5-2-17(13-27)12-21(19)23(24,25)26/h2-7,12,18H,8-11,14-15H2,1H3,(H,28,30). The molecule has 2 aromatic carbocycles. The zero-order valence-electron chi connectivity index (χ0n) is 17.2. The number of methoxy groups -OCH3 is 1. The Morgan fingerprint density at radius 3 is 2.45 bits per heavy atom. The number of hydrogen-bond acceptors (Lipinski definition) is 4. The maximum Gasteiger partial charge on any atom is 0.416 e. The zero-order valence-corrected chi connectivity index (χ0v) is 17.2. The summed E-state index contributed by atoms with van der Waals surface area (Å²) in [6.45, 7) is 2.05. The van der Waals surface area contributed by atoms with Crippen LogP contribution in [0.1, 0.15) is 35.1 Å². The van der Waals surface area contributed by atoms with E-state index >= 15 is 0 Å². The molecule has 0 bridgehead atoms. The third-order valence-corrected chi connectivity index (χ3v) is 5.52. The highest BCUT2D eigenvalue weighted by atomic mass is 19.4. The number of hydrogen-bond donors (Lipinski definition) is 1. The van der Waals surface area contributed by atoms with Crippen molar-refractivity contribution in [3.05, 3.63) is 64.7 Å². The number of nitriles is 1. The molecule has 5 nitrogen and oxygen atoms in total. The van der Waals surface area contributed by atoms with Crippen molar-refractivity contribution >= 4 is 5.91 Å². The van der Waals surface area contributed by atoms with Gasteiger partial charge in [0.1, 0.15) is 5.75 Å². The first-order valence-electron chi connectivity index (χ1n) is 10.0. The molecule has 0 radical (unpaired) electrons. The molecule has 0 aromatic heterocycles. The summed E-state index contributed by atoms with van der Waals surface area (Å²) in [7, 11) is 1.62. The summed E-state index contributed by atoms with van der Waals surface area (Å²) in [6, 6.07) is 12.9. The number of halogens is 3. The topological polar surface area (TPSA) is 65.4 Å². The van der Waals surface area contributed by atoms with Crippen LogP contribution in [-0.2, 0) is 24.1 Å². The van der Waals surface area contributed by atoms with Crippen molar-refractivity contribution in [2.45, 2.75) is 32.1 Å². The molecule has 0 spiro atoms. The highest BCUT2D eigenvalue weighted by Crippen LogP contribution is 2.32. The average molecular weight is 431 g/mol. The van der Waals surface area contributed by atoms with Crippen molar-refractivity contribution in [2.24, 2.45) is 5.92 Å². The van der Waals surface area contributed by atoms with Crippen LogP contribution in [0.4, 0.5) is 13.2 Å². The molecule has 1 heterocycles. The lowest BCUT2D eigenvalue weighted by Gasteiger charge is -2.31. The Morgan fingerprint density at radius 1 is 1.19 bits per heavy atom. The molecule has 3 rings (SSSR count). The van der Waals surface area contributed by atoms with Gasteiger partial charge in [-0.1, -0.05) is 18.2 Å². The minimum Gasteiger partial charge on any atom is -0.497 e. The maximum absolute atomic E-state index is 13.3. The minimum absolute atomic E-state index is 0.0446. The second-order valence-electron chi connectivity index (χ2n) is 7.60. The molecule has 0 atom stereocenters. The Bertz CT molecular complexity index is 944. The van der Waals surface area contributed by atoms with Gasteiger partial charge in [0.2, 0.25) is 5.91 Å². The molecule has 2 aromatic rings. The van der Waals surface area contributed by atoms with Gasteiger partial charge in [-0.05, 0) is 61.3 Å². The van der Waals surface area contributed by atoms with E-state index in [1.54, 1.807) is 13.2 Å². The molecule has 1 N–H and O–H groups in total. The highest BCUT2D eigenvalue weighted by molar-refractivity contribution is 5.78. The molecule has 0 unspecified atom stereocenters. The van der Waals surface area contributed by atoms with E-state index in [0.29, 0.717) is 12.8 Å². The van der Waals surface area contributed by atoms with Crippen LogP contribution in [0, 0.1) is 17.2 Å². The Morgan fingerprint density at radius 2 is 1.87 bits per heavy atom. The molecular weight excluding hydrogens is 407 g/mol. The fraction of sp³-hybridized carbons (Fsp3) is 0.391. The number of amides is 1. The molecular formula is C23H24F3N3O2. The van der Waals surface area contributed by atoms with Gasteiger partial charge in [0.05, 0.1) is 24.3 Å². The number of likely N-dealkylation sites (tertiary alicyclic amines) is 1. The Hall–Kier alpha value is -3.05. The predicted molar refractivity (Wildman–Crippen MR) is 109 cm³/mol. The van der Waals surface area contributed by atoms with E-state index in [0.717, 1.165) is 37.0 Å². The smallest absolute Gasteiger partial charge is 0.416 e. The lowest BCUT2D eigenvalue weighted by Crippen LogP contribution is -2.40. The van der Waals surface area contributed by atoms with Gasteiger partial charge in [0.25, 0.3) is 0 Å². The van der Waals surface area contributed by atoms with Crippen LogP contribution >= 0.6 is 0 Å². The summed E-state index contributed by atoms with van der Waals surface area (Å²) >= 11 is 0. The van der Waals surface area contributed by atoms with Crippen LogP contribution in [0.25, 0.3) is 0 Å². The SMILES string of the molecule is COc1ccc(CN2CCC(C(=O)NCc3ccc(C#N)cc3C(F)(F)F)CC2)cc1.